The molecule has 0 amide bonds. The van der Waals surface area contributed by atoms with Gasteiger partial charge in [-0.2, -0.15) is 0 Å². The van der Waals surface area contributed by atoms with E-state index in [2.05, 4.69) is 220 Å². The number of allylic oxidation sites excluding steroid dienone is 34. The normalized spacial score (nSPS) is 14.2. The molecule has 0 aromatic carbocycles. The van der Waals surface area contributed by atoms with Crippen molar-refractivity contribution in [3.05, 3.63) is 207 Å². The molecule has 0 aromatic rings. The first-order chi connectivity index (χ1) is 45.8. The topological polar surface area (TPSA) is 134 Å². The minimum atomic E-state index is -4.42. The minimum Gasteiger partial charge on any atom is -0.462 e. The number of hydrogen-bond donors (Lipinski definition) is 2. The maximum atomic E-state index is 12.8. The summed E-state index contributed by atoms with van der Waals surface area (Å²) >= 11 is 0. The third kappa shape index (κ3) is 75.5. The molecule has 522 valence electrons. The molecule has 0 bridgehead atoms. The van der Waals surface area contributed by atoms with Gasteiger partial charge in [0.1, 0.15) is 6.61 Å². The monoisotopic (exact) mass is 1300 g/mol. The van der Waals surface area contributed by atoms with Crippen LogP contribution in [0.4, 0.5) is 0 Å². The largest absolute Gasteiger partial charge is 0.472 e. The van der Waals surface area contributed by atoms with E-state index in [4.69, 9.17) is 24.3 Å². The number of rotatable bonds is 66. The molecule has 3 N–H and O–H groups in total. The Kier molecular flexibility index (Phi) is 71.2. The van der Waals surface area contributed by atoms with Gasteiger partial charge in [0.25, 0.3) is 0 Å². The van der Waals surface area contributed by atoms with Crippen LogP contribution < -0.4 is 5.73 Å². The second-order valence-electron chi connectivity index (χ2n) is 23.3. The summed E-state index contributed by atoms with van der Waals surface area (Å²) in [5.41, 5.74) is 5.40. The van der Waals surface area contributed by atoms with Crippen LogP contribution in [0.5, 0.6) is 0 Å². The van der Waals surface area contributed by atoms with Crippen LogP contribution in [-0.4, -0.2) is 49.3 Å². The SMILES string of the molecule is CC/C=C\C/C=C\C/C=C\C/C=C\C/C=C\C/C=C\C/C=C\C/C=C\C/C=C\CCCCCC(=O)OC(COC(=O)CCCCCCCCCCCCCCCCCC/C=C\C/C=C\C/C=C\C/C=C\C/C=C\C/C=C\C/C=C\C/C=C\CC)COP(=O)(O)OCCN. The van der Waals surface area contributed by atoms with Gasteiger partial charge in [0.05, 0.1) is 13.2 Å². The zero-order valence-electron chi connectivity index (χ0n) is 58.6. The zero-order valence-corrected chi connectivity index (χ0v) is 59.5. The molecule has 0 radical (unpaired) electrons. The highest BCUT2D eigenvalue weighted by atomic mass is 31.2. The molecule has 0 rings (SSSR count). The van der Waals surface area contributed by atoms with Gasteiger partial charge in [0.2, 0.25) is 0 Å². The summed E-state index contributed by atoms with van der Waals surface area (Å²) < 4.78 is 33.2. The average Bonchev–Trinajstić information content (AvgIpc) is 3.70. The highest BCUT2D eigenvalue weighted by Gasteiger charge is 2.26. The van der Waals surface area contributed by atoms with Crippen molar-refractivity contribution >= 4 is 19.8 Å². The maximum Gasteiger partial charge on any atom is 0.472 e. The molecule has 0 aliphatic heterocycles. The van der Waals surface area contributed by atoms with Crippen LogP contribution >= 0.6 is 7.82 Å². The third-order valence-electron chi connectivity index (χ3n) is 14.7. The number of phosphoric acid groups is 1. The number of unbranched alkanes of at least 4 members (excludes halogenated alkanes) is 19. The third-order valence-corrected chi connectivity index (χ3v) is 15.6. The quantitative estimate of drug-likeness (QED) is 0.0264. The van der Waals surface area contributed by atoms with Crippen molar-refractivity contribution in [2.24, 2.45) is 5.73 Å². The van der Waals surface area contributed by atoms with Crippen LogP contribution in [0, 0.1) is 0 Å². The number of nitrogens with two attached hydrogens (primary N) is 1. The van der Waals surface area contributed by atoms with Gasteiger partial charge in [-0.1, -0.05) is 317 Å². The van der Waals surface area contributed by atoms with E-state index in [0.29, 0.717) is 6.42 Å². The van der Waals surface area contributed by atoms with Crippen LogP contribution in [-0.2, 0) is 32.7 Å². The molecular weight excluding hydrogens is 1170 g/mol. The lowest BCUT2D eigenvalue weighted by atomic mass is 10.0. The lowest BCUT2D eigenvalue weighted by Gasteiger charge is -2.19. The molecule has 93 heavy (non-hydrogen) atoms. The van der Waals surface area contributed by atoms with Crippen molar-refractivity contribution in [2.45, 2.75) is 277 Å². The Labute approximate surface area is 569 Å². The van der Waals surface area contributed by atoms with E-state index in [1.54, 1.807) is 0 Å². The minimum absolute atomic E-state index is 0.0379. The van der Waals surface area contributed by atoms with E-state index in [-0.39, 0.29) is 32.6 Å². The highest BCUT2D eigenvalue weighted by Crippen LogP contribution is 2.43. The molecule has 0 heterocycles. The Morgan fingerprint density at radius 3 is 0.839 bits per heavy atom. The van der Waals surface area contributed by atoms with Crippen LogP contribution in [0.2, 0.25) is 0 Å². The number of phosphoric ester groups is 1. The fourth-order valence-corrected chi connectivity index (χ4v) is 10.1. The predicted octanol–water partition coefficient (Wildman–Crippen LogP) is 24.6. The molecule has 0 saturated carbocycles. The van der Waals surface area contributed by atoms with Gasteiger partial charge in [-0.3, -0.25) is 18.6 Å². The summed E-state index contributed by atoms with van der Waals surface area (Å²) in [4.78, 5) is 35.4. The first-order valence-electron chi connectivity index (χ1n) is 36.6. The smallest absolute Gasteiger partial charge is 0.462 e. The molecule has 9 nitrogen and oxygen atoms in total. The van der Waals surface area contributed by atoms with E-state index in [0.717, 1.165) is 154 Å². The fourth-order valence-electron chi connectivity index (χ4n) is 9.35. The summed E-state index contributed by atoms with van der Waals surface area (Å²) in [7, 11) is -4.42. The molecule has 0 aliphatic carbocycles. The maximum absolute atomic E-state index is 12.8. The Morgan fingerprint density at radius 1 is 0.323 bits per heavy atom. The van der Waals surface area contributed by atoms with E-state index < -0.39 is 32.5 Å². The van der Waals surface area contributed by atoms with Gasteiger partial charge in [-0.25, -0.2) is 4.57 Å². The van der Waals surface area contributed by atoms with Crippen molar-refractivity contribution in [1.82, 2.24) is 0 Å². The van der Waals surface area contributed by atoms with Gasteiger partial charge >= 0.3 is 19.8 Å². The molecule has 0 aliphatic rings. The van der Waals surface area contributed by atoms with E-state index >= 15 is 0 Å². The standard InChI is InChI=1S/C83H132NO8P/c1-3-5-7-9-11-13-15-17-19-21-23-25-27-29-31-33-35-36-37-38-39-40-41-42-43-44-46-47-49-51-53-55-57-59-61-63-65-67-69-71-73-75-82(85)89-79-81(80-91-93(87,88)90-78-77-84)92-83(86)76-74-72-70-68-66-64-62-60-58-56-54-52-50-48-45-34-32-30-28-26-24-22-20-18-16-14-12-10-8-6-4-2/h5-8,11-14,17-20,23-26,29-32,35-36,38-39,41-42,45,48,52,54,58,60,64,66,81H,3-4,9-10,15-16,21-22,27-28,33-34,37,40,43-44,46-47,49-51,53,55-57,59,61-63,65,67-80,84H2,1-2H3,(H,87,88)/b7-5-,8-6-,13-11-,14-12-,19-17-,20-18-,25-23-,26-24-,31-29-,32-30-,36-35-,39-38-,42-41-,48-45-,54-52-,60-58-,66-64-. The Bertz CT molecular complexity index is 2280. The van der Waals surface area contributed by atoms with E-state index in [1.807, 2.05) is 0 Å². The summed E-state index contributed by atoms with van der Waals surface area (Å²) in [6.07, 6.45) is 116. The van der Waals surface area contributed by atoms with Crippen LogP contribution in [0.15, 0.2) is 207 Å². The summed E-state index contributed by atoms with van der Waals surface area (Å²) in [5.74, 6) is -0.876. The van der Waals surface area contributed by atoms with Gasteiger partial charge in [-0.05, 0) is 148 Å². The lowest BCUT2D eigenvalue weighted by Crippen LogP contribution is -2.29. The van der Waals surface area contributed by atoms with Gasteiger partial charge in [0, 0.05) is 19.4 Å². The first-order valence-corrected chi connectivity index (χ1v) is 38.1. The molecular formula is C83H132NO8P. The molecule has 0 saturated heterocycles. The Hall–Kier alpha value is -5.41. The highest BCUT2D eigenvalue weighted by molar-refractivity contribution is 7.47. The molecule has 10 heteroatoms. The number of carbonyl (C=O) groups is 2. The molecule has 2 unspecified atom stereocenters. The van der Waals surface area contributed by atoms with Gasteiger partial charge in [0.15, 0.2) is 6.10 Å². The lowest BCUT2D eigenvalue weighted by molar-refractivity contribution is -0.161. The molecule has 2 atom stereocenters. The summed E-state index contributed by atoms with van der Waals surface area (Å²) in [5, 5.41) is 0. The van der Waals surface area contributed by atoms with E-state index in [9.17, 15) is 19.0 Å². The summed E-state index contributed by atoms with van der Waals surface area (Å²) in [6.45, 7) is 3.46. The predicted molar refractivity (Wildman–Crippen MR) is 403 cm³/mol. The van der Waals surface area contributed by atoms with Crippen LogP contribution in [0.25, 0.3) is 0 Å². The molecule has 0 aromatic heterocycles. The van der Waals surface area contributed by atoms with Gasteiger partial charge in [-0.15, -0.1) is 0 Å². The van der Waals surface area contributed by atoms with Crippen LogP contribution in [0.3, 0.4) is 0 Å². The number of ether oxygens (including phenoxy) is 2. The number of esters is 2. The average molecular weight is 1300 g/mol. The van der Waals surface area contributed by atoms with E-state index in [1.165, 1.54) is 83.5 Å². The second-order valence-corrected chi connectivity index (χ2v) is 24.8. The summed E-state index contributed by atoms with van der Waals surface area (Å²) in [6, 6.07) is 0. The Balaban J connectivity index is 3.97. The molecule has 0 spiro atoms. The number of hydrogen-bond acceptors (Lipinski definition) is 8. The number of carbonyl (C=O) groups excluding carboxylic acids is 2. The zero-order chi connectivity index (χ0) is 67.2. The van der Waals surface area contributed by atoms with Gasteiger partial charge < -0.3 is 20.1 Å². The first kappa shape index (κ1) is 87.6. The van der Waals surface area contributed by atoms with Crippen molar-refractivity contribution in [1.29, 1.82) is 0 Å². The van der Waals surface area contributed by atoms with Crippen molar-refractivity contribution in [3.8, 4) is 0 Å². The second kappa shape index (κ2) is 75.6. The van der Waals surface area contributed by atoms with Crippen molar-refractivity contribution in [2.75, 3.05) is 26.4 Å². The van der Waals surface area contributed by atoms with Crippen molar-refractivity contribution in [3.63, 3.8) is 0 Å². The van der Waals surface area contributed by atoms with Crippen molar-refractivity contribution < 1.29 is 37.6 Å². The Morgan fingerprint density at radius 2 is 0.559 bits per heavy atom. The molecule has 0 fully saturated rings. The fraction of sp³-hybridized carbons (Fsp3) is 0.566. The van der Waals surface area contributed by atoms with Crippen LogP contribution in [0.1, 0.15) is 271 Å².